The summed E-state index contributed by atoms with van der Waals surface area (Å²) in [6, 6.07) is 0. The summed E-state index contributed by atoms with van der Waals surface area (Å²) in [6.45, 7) is 16.8. The van der Waals surface area contributed by atoms with Gasteiger partial charge >= 0.3 is 0 Å². The molecule has 20 heavy (non-hydrogen) atoms. The van der Waals surface area contributed by atoms with Crippen molar-refractivity contribution in [1.82, 2.24) is 10.2 Å². The fourth-order valence-corrected chi connectivity index (χ4v) is 2.67. The largest absolute Gasteiger partial charge is 0.395 e. The molecule has 0 aromatic heterocycles. The normalized spacial score (nSPS) is 12.6. The van der Waals surface area contributed by atoms with Gasteiger partial charge < -0.3 is 15.3 Å². The van der Waals surface area contributed by atoms with Crippen molar-refractivity contribution in [2.24, 2.45) is 11.3 Å². The summed E-state index contributed by atoms with van der Waals surface area (Å²) in [5.41, 5.74) is 0.345. The van der Waals surface area contributed by atoms with Crippen LogP contribution in [-0.2, 0) is 0 Å². The van der Waals surface area contributed by atoms with E-state index in [0.717, 1.165) is 32.7 Å². The first-order valence-corrected chi connectivity index (χ1v) is 8.57. The van der Waals surface area contributed by atoms with Crippen LogP contribution in [0.25, 0.3) is 0 Å². The SMILES string of the molecule is CCCCN(CCO)CC(CC)(CC)CNCC(C)C. The molecule has 122 valence electrons. The Kier molecular flexibility index (Phi) is 11.5. The standard InChI is InChI=1S/C17H38N2O/c1-6-9-10-19(11-12-20)15-17(7-2,8-3)14-18-13-16(4)5/h16,18,20H,6-15H2,1-5H3. The van der Waals surface area contributed by atoms with Crippen molar-refractivity contribution < 1.29 is 5.11 Å². The Labute approximate surface area is 127 Å². The van der Waals surface area contributed by atoms with E-state index in [-0.39, 0.29) is 6.61 Å². The fourth-order valence-electron chi connectivity index (χ4n) is 2.67. The van der Waals surface area contributed by atoms with Crippen LogP contribution in [0.15, 0.2) is 0 Å². The van der Waals surface area contributed by atoms with Crippen LogP contribution >= 0.6 is 0 Å². The number of unbranched alkanes of at least 4 members (excludes halogenated alkanes) is 1. The first-order chi connectivity index (χ1) is 9.53. The first-order valence-electron chi connectivity index (χ1n) is 8.57. The molecule has 0 heterocycles. The lowest BCUT2D eigenvalue weighted by Crippen LogP contribution is -2.45. The van der Waals surface area contributed by atoms with Crippen molar-refractivity contribution >= 4 is 0 Å². The van der Waals surface area contributed by atoms with Crippen molar-refractivity contribution in [3.05, 3.63) is 0 Å². The summed E-state index contributed by atoms with van der Waals surface area (Å²) in [4.78, 5) is 2.45. The maximum atomic E-state index is 9.27. The summed E-state index contributed by atoms with van der Waals surface area (Å²) in [5, 5.41) is 12.9. The molecule has 0 fully saturated rings. The summed E-state index contributed by atoms with van der Waals surface area (Å²) in [5.74, 6) is 0.704. The van der Waals surface area contributed by atoms with E-state index < -0.39 is 0 Å². The number of aliphatic hydroxyl groups is 1. The summed E-state index contributed by atoms with van der Waals surface area (Å²) in [6.07, 6.45) is 4.84. The molecule has 3 heteroatoms. The van der Waals surface area contributed by atoms with Crippen LogP contribution in [-0.4, -0.2) is 49.3 Å². The summed E-state index contributed by atoms with van der Waals surface area (Å²) >= 11 is 0. The molecule has 0 bridgehead atoms. The number of rotatable bonds is 13. The number of aliphatic hydroxyl groups excluding tert-OH is 1. The highest BCUT2D eigenvalue weighted by Gasteiger charge is 2.28. The molecule has 2 N–H and O–H groups in total. The van der Waals surface area contributed by atoms with E-state index in [9.17, 15) is 5.11 Å². The molecule has 0 aliphatic rings. The minimum atomic E-state index is 0.270. The molecular weight excluding hydrogens is 248 g/mol. The van der Waals surface area contributed by atoms with Crippen molar-refractivity contribution in [2.75, 3.05) is 39.3 Å². The number of nitrogens with zero attached hydrogens (tertiary/aromatic N) is 1. The molecule has 0 aromatic rings. The molecule has 0 radical (unpaired) electrons. The van der Waals surface area contributed by atoms with Crippen LogP contribution in [0.4, 0.5) is 0 Å². The second kappa shape index (κ2) is 11.5. The molecule has 0 aromatic carbocycles. The second-order valence-corrected chi connectivity index (χ2v) is 6.59. The molecule has 0 unspecified atom stereocenters. The molecule has 3 nitrogen and oxygen atoms in total. The third kappa shape index (κ3) is 8.23. The molecule has 0 atom stereocenters. The lowest BCUT2D eigenvalue weighted by atomic mass is 9.81. The Bertz CT molecular complexity index is 215. The van der Waals surface area contributed by atoms with E-state index in [1.807, 2.05) is 0 Å². The summed E-state index contributed by atoms with van der Waals surface area (Å²) in [7, 11) is 0. The summed E-state index contributed by atoms with van der Waals surface area (Å²) < 4.78 is 0. The predicted molar refractivity (Wildman–Crippen MR) is 89.2 cm³/mol. The Morgan fingerprint density at radius 2 is 1.75 bits per heavy atom. The average molecular weight is 287 g/mol. The van der Waals surface area contributed by atoms with Crippen molar-refractivity contribution in [3.63, 3.8) is 0 Å². The van der Waals surface area contributed by atoms with E-state index in [2.05, 4.69) is 44.8 Å². The van der Waals surface area contributed by atoms with Crippen molar-refractivity contribution in [3.8, 4) is 0 Å². The van der Waals surface area contributed by atoms with Gasteiger partial charge in [-0.15, -0.1) is 0 Å². The van der Waals surface area contributed by atoms with Gasteiger partial charge in [0, 0.05) is 19.6 Å². The Morgan fingerprint density at radius 3 is 2.20 bits per heavy atom. The third-order valence-corrected chi connectivity index (χ3v) is 4.36. The van der Waals surface area contributed by atoms with Crippen LogP contribution in [0.5, 0.6) is 0 Å². The minimum Gasteiger partial charge on any atom is -0.395 e. The van der Waals surface area contributed by atoms with E-state index >= 15 is 0 Å². The minimum absolute atomic E-state index is 0.270. The van der Waals surface area contributed by atoms with E-state index in [4.69, 9.17) is 0 Å². The van der Waals surface area contributed by atoms with Gasteiger partial charge in [-0.25, -0.2) is 0 Å². The fraction of sp³-hybridized carbons (Fsp3) is 1.00. The molecule has 0 aliphatic carbocycles. The highest BCUT2D eigenvalue weighted by molar-refractivity contribution is 4.83. The lowest BCUT2D eigenvalue weighted by Gasteiger charge is -2.37. The average Bonchev–Trinajstić information content (AvgIpc) is 2.43. The molecule has 0 saturated carbocycles. The van der Waals surface area contributed by atoms with Gasteiger partial charge in [0.1, 0.15) is 0 Å². The molecule has 0 spiro atoms. The molecule has 0 rings (SSSR count). The quantitative estimate of drug-likeness (QED) is 0.546. The second-order valence-electron chi connectivity index (χ2n) is 6.59. The first kappa shape index (κ1) is 19.9. The van der Waals surface area contributed by atoms with Gasteiger partial charge in [0.05, 0.1) is 6.61 Å². The highest BCUT2D eigenvalue weighted by atomic mass is 16.3. The van der Waals surface area contributed by atoms with Gasteiger partial charge in [0.2, 0.25) is 0 Å². The molecule has 0 amide bonds. The van der Waals surface area contributed by atoms with Gasteiger partial charge in [0.25, 0.3) is 0 Å². The zero-order valence-corrected chi connectivity index (χ0v) is 14.5. The number of nitrogens with one attached hydrogen (secondary N) is 1. The van der Waals surface area contributed by atoms with Crippen molar-refractivity contribution in [2.45, 2.75) is 60.3 Å². The van der Waals surface area contributed by atoms with Crippen LogP contribution in [0.2, 0.25) is 0 Å². The van der Waals surface area contributed by atoms with Gasteiger partial charge in [-0.1, -0.05) is 41.0 Å². The maximum Gasteiger partial charge on any atom is 0.0558 e. The van der Waals surface area contributed by atoms with Gasteiger partial charge in [0.15, 0.2) is 0 Å². The molecule has 0 saturated heterocycles. The lowest BCUT2D eigenvalue weighted by molar-refractivity contribution is 0.112. The van der Waals surface area contributed by atoms with Gasteiger partial charge in [-0.3, -0.25) is 0 Å². The van der Waals surface area contributed by atoms with Gasteiger partial charge in [-0.05, 0) is 43.7 Å². The Balaban J connectivity index is 4.50. The van der Waals surface area contributed by atoms with E-state index in [0.29, 0.717) is 11.3 Å². The molecule has 0 aliphatic heterocycles. The monoisotopic (exact) mass is 286 g/mol. The smallest absolute Gasteiger partial charge is 0.0558 e. The zero-order chi connectivity index (χ0) is 15.4. The third-order valence-electron chi connectivity index (χ3n) is 4.36. The zero-order valence-electron chi connectivity index (χ0n) is 14.5. The number of hydrogen-bond donors (Lipinski definition) is 2. The van der Waals surface area contributed by atoms with E-state index in [1.165, 1.54) is 25.7 Å². The van der Waals surface area contributed by atoms with Crippen LogP contribution in [0.3, 0.4) is 0 Å². The van der Waals surface area contributed by atoms with Crippen LogP contribution in [0.1, 0.15) is 60.3 Å². The van der Waals surface area contributed by atoms with Crippen LogP contribution < -0.4 is 5.32 Å². The van der Waals surface area contributed by atoms with Crippen LogP contribution in [0, 0.1) is 11.3 Å². The Hall–Kier alpha value is -0.120. The number of hydrogen-bond acceptors (Lipinski definition) is 3. The predicted octanol–water partition coefficient (Wildman–Crippen LogP) is 3.13. The highest BCUT2D eigenvalue weighted by Crippen LogP contribution is 2.27. The Morgan fingerprint density at radius 1 is 1.10 bits per heavy atom. The van der Waals surface area contributed by atoms with E-state index in [1.54, 1.807) is 0 Å². The maximum absolute atomic E-state index is 9.27. The van der Waals surface area contributed by atoms with Gasteiger partial charge in [-0.2, -0.15) is 0 Å². The van der Waals surface area contributed by atoms with Crippen molar-refractivity contribution in [1.29, 1.82) is 0 Å². The molecular formula is C17H38N2O. The topological polar surface area (TPSA) is 35.5 Å².